The minimum atomic E-state index is -1.03. The van der Waals surface area contributed by atoms with Gasteiger partial charge in [-0.1, -0.05) is 20.8 Å². The monoisotopic (exact) mass is 488 g/mol. The van der Waals surface area contributed by atoms with Gasteiger partial charge in [-0.05, 0) is 55.5 Å². The highest BCUT2D eigenvalue weighted by atomic mass is 19.1. The van der Waals surface area contributed by atoms with Crippen molar-refractivity contribution in [1.29, 1.82) is 0 Å². The molecule has 2 aromatic rings. The van der Waals surface area contributed by atoms with Crippen molar-refractivity contribution in [3.8, 4) is 0 Å². The predicted octanol–water partition coefficient (Wildman–Crippen LogP) is 2.16. The molecule has 0 saturated carbocycles. The van der Waals surface area contributed by atoms with Crippen LogP contribution in [0.15, 0.2) is 18.2 Å². The van der Waals surface area contributed by atoms with Crippen LogP contribution in [0.1, 0.15) is 58.4 Å². The fourth-order valence-electron chi connectivity index (χ4n) is 3.81. The number of Topliss-reactive ketones (excluding diaryl/α,β-unsaturated/α-hetero) is 1. The second-order valence-corrected chi connectivity index (χ2v) is 9.53. The van der Waals surface area contributed by atoms with E-state index in [2.05, 4.69) is 16.0 Å². The lowest BCUT2D eigenvalue weighted by Gasteiger charge is -2.30. The Bertz CT molecular complexity index is 1160. The average molecular weight is 489 g/mol. The molecule has 0 saturated heterocycles. The number of amides is 3. The van der Waals surface area contributed by atoms with Gasteiger partial charge in [0.25, 0.3) is 17.6 Å². The molecule has 9 nitrogen and oxygen atoms in total. The van der Waals surface area contributed by atoms with Gasteiger partial charge in [-0.25, -0.2) is 4.39 Å². The molecule has 1 heterocycles. The van der Waals surface area contributed by atoms with E-state index in [-0.39, 0.29) is 24.4 Å². The van der Waals surface area contributed by atoms with Gasteiger partial charge < -0.3 is 25.6 Å². The second-order valence-electron chi connectivity index (χ2n) is 9.53. The number of hydrogen-bond acceptors (Lipinski definition) is 5. The number of anilines is 1. The Balaban J connectivity index is 2.33. The molecule has 0 radical (unpaired) electrons. The Labute approximate surface area is 204 Å². The first-order chi connectivity index (χ1) is 16.2. The summed E-state index contributed by atoms with van der Waals surface area (Å²) in [6.45, 7) is 9.74. The maximum atomic E-state index is 13.6. The minimum Gasteiger partial charge on any atom is -0.395 e. The number of halogens is 1. The highest BCUT2D eigenvalue weighted by Gasteiger charge is 2.36. The maximum Gasteiger partial charge on any atom is 0.294 e. The lowest BCUT2D eigenvalue weighted by Crippen LogP contribution is -2.55. The summed E-state index contributed by atoms with van der Waals surface area (Å²) in [5, 5.41) is 16.7. The topological polar surface area (TPSA) is 130 Å². The normalized spacial score (nSPS) is 12.1. The number of carbonyl (C=O) groups excluding carboxylic acids is 4. The van der Waals surface area contributed by atoms with Crippen LogP contribution in [-0.4, -0.2) is 52.4 Å². The van der Waals surface area contributed by atoms with E-state index < -0.39 is 40.8 Å². The number of aryl methyl sites for hydroxylation is 1. The number of benzene rings is 1. The molecule has 1 aromatic carbocycles. The Morgan fingerprint density at radius 3 is 2.29 bits per heavy atom. The molecular weight excluding hydrogens is 455 g/mol. The summed E-state index contributed by atoms with van der Waals surface area (Å²) in [7, 11) is 1.57. The molecule has 1 atom stereocenters. The van der Waals surface area contributed by atoms with Crippen LogP contribution in [0.4, 0.5) is 10.1 Å². The lowest BCUT2D eigenvalue weighted by atomic mass is 9.86. The first kappa shape index (κ1) is 27.7. The van der Waals surface area contributed by atoms with Crippen LogP contribution < -0.4 is 16.0 Å². The molecule has 4 N–H and O–H groups in total. The van der Waals surface area contributed by atoms with Crippen LogP contribution in [0.2, 0.25) is 0 Å². The van der Waals surface area contributed by atoms with Crippen molar-refractivity contribution < 1.29 is 28.7 Å². The molecule has 10 heteroatoms. The van der Waals surface area contributed by atoms with E-state index in [0.29, 0.717) is 22.5 Å². The van der Waals surface area contributed by atoms with Gasteiger partial charge >= 0.3 is 0 Å². The summed E-state index contributed by atoms with van der Waals surface area (Å²) in [6.07, 6.45) is 0. The molecular formula is C25H33FN4O5. The van der Waals surface area contributed by atoms with Gasteiger partial charge in [0.15, 0.2) is 0 Å². The number of carbonyl (C=O) groups is 4. The number of nitrogens with zero attached hydrogens (tertiary/aromatic N) is 1. The van der Waals surface area contributed by atoms with Crippen molar-refractivity contribution in [1.82, 2.24) is 15.2 Å². The molecule has 0 aliphatic carbocycles. The van der Waals surface area contributed by atoms with Crippen LogP contribution in [-0.2, 0) is 16.6 Å². The fraction of sp³-hybridized carbons (Fsp3) is 0.440. The van der Waals surface area contributed by atoms with Crippen LogP contribution >= 0.6 is 0 Å². The Morgan fingerprint density at radius 2 is 1.74 bits per heavy atom. The summed E-state index contributed by atoms with van der Waals surface area (Å²) >= 11 is 0. The zero-order valence-corrected chi connectivity index (χ0v) is 21.1. The average Bonchev–Trinajstić information content (AvgIpc) is 2.99. The van der Waals surface area contributed by atoms with Crippen molar-refractivity contribution in [2.75, 3.05) is 18.5 Å². The molecule has 1 aromatic heterocycles. The standard InChI is InChI=1S/C25H33FN4O5/c1-13-12-16(8-9-17(13)26)28-22(33)18-14(2)19(30(7)15(18)3)20(32)23(34)29-21(25(4,5)6)24(35)27-10-11-31/h8-9,12,21,31H,10-11H2,1-7H3,(H,27,35)(H,28,33)(H,29,34). The largest absolute Gasteiger partial charge is 0.395 e. The van der Waals surface area contributed by atoms with Gasteiger partial charge in [0.1, 0.15) is 11.9 Å². The van der Waals surface area contributed by atoms with E-state index in [4.69, 9.17) is 5.11 Å². The van der Waals surface area contributed by atoms with Crippen molar-refractivity contribution in [2.24, 2.45) is 12.5 Å². The van der Waals surface area contributed by atoms with Crippen molar-refractivity contribution in [2.45, 2.75) is 47.6 Å². The number of aromatic nitrogens is 1. The summed E-state index contributed by atoms with van der Waals surface area (Å²) in [5.74, 6) is -3.31. The second kappa shape index (κ2) is 10.8. The van der Waals surface area contributed by atoms with Gasteiger partial charge in [-0.15, -0.1) is 0 Å². The Hall–Kier alpha value is -3.53. The first-order valence-corrected chi connectivity index (χ1v) is 11.2. The summed E-state index contributed by atoms with van der Waals surface area (Å²) in [6, 6.07) is 3.14. The third kappa shape index (κ3) is 6.13. The van der Waals surface area contributed by atoms with E-state index in [1.54, 1.807) is 48.6 Å². The summed E-state index contributed by atoms with van der Waals surface area (Å²) in [4.78, 5) is 51.5. The van der Waals surface area contributed by atoms with Crippen LogP contribution in [0.3, 0.4) is 0 Å². The number of hydrogen-bond donors (Lipinski definition) is 4. The van der Waals surface area contributed by atoms with Crippen LogP contribution in [0.25, 0.3) is 0 Å². The Kier molecular flexibility index (Phi) is 8.56. The SMILES string of the molecule is Cc1cc(NC(=O)c2c(C)c(C(=O)C(=O)NC(C(=O)NCCO)C(C)(C)C)n(C)c2C)ccc1F. The van der Waals surface area contributed by atoms with E-state index in [1.807, 2.05) is 0 Å². The molecule has 0 aliphatic heterocycles. The third-order valence-corrected chi connectivity index (χ3v) is 5.81. The maximum absolute atomic E-state index is 13.6. The van der Waals surface area contributed by atoms with Gasteiger partial charge in [0, 0.05) is 25.0 Å². The number of aliphatic hydroxyl groups is 1. The van der Waals surface area contributed by atoms with E-state index in [9.17, 15) is 23.6 Å². The zero-order chi connectivity index (χ0) is 26.7. The van der Waals surface area contributed by atoms with E-state index >= 15 is 0 Å². The number of aliphatic hydroxyl groups excluding tert-OH is 1. The predicted molar refractivity (Wildman–Crippen MR) is 130 cm³/mol. The molecule has 0 bridgehead atoms. The zero-order valence-electron chi connectivity index (χ0n) is 21.1. The summed E-state index contributed by atoms with van der Waals surface area (Å²) < 4.78 is 15.0. The number of rotatable bonds is 8. The molecule has 0 aliphatic rings. The highest BCUT2D eigenvalue weighted by Crippen LogP contribution is 2.25. The lowest BCUT2D eigenvalue weighted by molar-refractivity contribution is -0.130. The highest BCUT2D eigenvalue weighted by molar-refractivity contribution is 6.43. The quantitative estimate of drug-likeness (QED) is 0.334. The van der Waals surface area contributed by atoms with Gasteiger partial charge in [0.05, 0.1) is 17.9 Å². The number of nitrogens with one attached hydrogen (secondary N) is 3. The molecule has 190 valence electrons. The molecule has 2 rings (SSSR count). The van der Waals surface area contributed by atoms with Gasteiger partial charge in [-0.2, -0.15) is 0 Å². The third-order valence-electron chi connectivity index (χ3n) is 5.81. The van der Waals surface area contributed by atoms with Crippen molar-refractivity contribution in [3.63, 3.8) is 0 Å². The molecule has 35 heavy (non-hydrogen) atoms. The van der Waals surface area contributed by atoms with E-state index in [0.717, 1.165) is 0 Å². The van der Waals surface area contributed by atoms with Crippen LogP contribution in [0, 0.1) is 32.0 Å². The van der Waals surface area contributed by atoms with E-state index in [1.165, 1.54) is 22.8 Å². The Morgan fingerprint density at radius 1 is 1.11 bits per heavy atom. The molecule has 3 amide bonds. The summed E-state index contributed by atoms with van der Waals surface area (Å²) in [5.41, 5.74) is 1.05. The van der Waals surface area contributed by atoms with Crippen molar-refractivity contribution >= 4 is 29.2 Å². The first-order valence-electron chi connectivity index (χ1n) is 11.2. The van der Waals surface area contributed by atoms with Crippen molar-refractivity contribution in [3.05, 3.63) is 52.1 Å². The fourth-order valence-corrected chi connectivity index (χ4v) is 3.81. The minimum absolute atomic E-state index is 0.0113. The number of ketones is 1. The van der Waals surface area contributed by atoms with Crippen LogP contribution in [0.5, 0.6) is 0 Å². The molecule has 0 spiro atoms. The van der Waals surface area contributed by atoms with Gasteiger partial charge in [0.2, 0.25) is 5.91 Å². The molecule has 1 unspecified atom stereocenters. The molecule has 0 fully saturated rings. The smallest absolute Gasteiger partial charge is 0.294 e. The van der Waals surface area contributed by atoms with Gasteiger partial charge in [-0.3, -0.25) is 19.2 Å².